The van der Waals surface area contributed by atoms with Crippen LogP contribution in [0.4, 0.5) is 13.2 Å². The van der Waals surface area contributed by atoms with Gasteiger partial charge < -0.3 is 10.2 Å². The van der Waals surface area contributed by atoms with Crippen molar-refractivity contribution in [3.05, 3.63) is 0 Å². The minimum Gasteiger partial charge on any atom is -0.304 e. The zero-order valence-corrected chi connectivity index (χ0v) is 9.49. The quantitative estimate of drug-likeness (QED) is 0.772. The summed E-state index contributed by atoms with van der Waals surface area (Å²) in [6, 6.07) is -0.0283. The molecule has 0 bridgehead atoms. The molecule has 0 radical (unpaired) electrons. The van der Waals surface area contributed by atoms with Crippen LogP contribution in [0.5, 0.6) is 0 Å². The highest BCUT2D eigenvalue weighted by Crippen LogP contribution is 2.40. The minimum absolute atomic E-state index is 0.0283. The maximum atomic E-state index is 13.0. The number of rotatable bonds is 2. The van der Waals surface area contributed by atoms with Gasteiger partial charge in [0.05, 0.1) is 0 Å². The Balaban J connectivity index is 2.84. The van der Waals surface area contributed by atoms with Gasteiger partial charge in [0.1, 0.15) is 5.54 Å². The summed E-state index contributed by atoms with van der Waals surface area (Å²) < 4.78 is 39.0. The Labute approximate surface area is 88.8 Å². The van der Waals surface area contributed by atoms with E-state index in [-0.39, 0.29) is 18.9 Å². The van der Waals surface area contributed by atoms with Crippen LogP contribution in [0.2, 0.25) is 0 Å². The molecule has 1 fully saturated rings. The van der Waals surface area contributed by atoms with E-state index in [0.29, 0.717) is 13.1 Å². The van der Waals surface area contributed by atoms with Gasteiger partial charge in [0.15, 0.2) is 0 Å². The van der Waals surface area contributed by atoms with Crippen molar-refractivity contribution in [3.63, 3.8) is 0 Å². The smallest absolute Gasteiger partial charge is 0.304 e. The molecule has 0 aromatic carbocycles. The second-order valence-corrected chi connectivity index (χ2v) is 4.39. The van der Waals surface area contributed by atoms with Gasteiger partial charge in [0.25, 0.3) is 0 Å². The Morgan fingerprint density at radius 1 is 1.47 bits per heavy atom. The molecular weight excluding hydrogens is 205 g/mol. The number of halogens is 3. The van der Waals surface area contributed by atoms with E-state index < -0.39 is 11.7 Å². The first-order valence-electron chi connectivity index (χ1n) is 5.34. The third-order valence-electron chi connectivity index (χ3n) is 3.35. The third-order valence-corrected chi connectivity index (χ3v) is 3.35. The first kappa shape index (κ1) is 12.8. The van der Waals surface area contributed by atoms with Gasteiger partial charge in [-0.25, -0.2) is 0 Å². The molecule has 0 saturated carbocycles. The fraction of sp³-hybridized carbons (Fsp3) is 1.00. The van der Waals surface area contributed by atoms with E-state index in [1.807, 2.05) is 18.9 Å². The minimum atomic E-state index is -4.15. The zero-order valence-electron chi connectivity index (χ0n) is 9.49. The van der Waals surface area contributed by atoms with Crippen LogP contribution < -0.4 is 5.32 Å². The fourth-order valence-corrected chi connectivity index (χ4v) is 2.21. The average molecular weight is 224 g/mol. The van der Waals surface area contributed by atoms with Gasteiger partial charge in [-0.15, -0.1) is 0 Å². The lowest BCUT2D eigenvalue weighted by Gasteiger charge is -2.45. The lowest BCUT2D eigenvalue weighted by Crippen LogP contribution is -2.63. The molecular formula is C10H19F3N2. The summed E-state index contributed by atoms with van der Waals surface area (Å²) in [5.41, 5.74) is -1.67. The number of likely N-dealkylation sites (tertiary alicyclic amines) is 1. The van der Waals surface area contributed by atoms with Gasteiger partial charge >= 0.3 is 6.18 Å². The van der Waals surface area contributed by atoms with Crippen LogP contribution in [0.15, 0.2) is 0 Å². The van der Waals surface area contributed by atoms with Gasteiger partial charge in [-0.2, -0.15) is 13.2 Å². The third kappa shape index (κ3) is 2.45. The number of nitrogens with one attached hydrogen (secondary N) is 1. The Morgan fingerprint density at radius 2 is 2.07 bits per heavy atom. The summed E-state index contributed by atoms with van der Waals surface area (Å²) in [5, 5.41) is 2.64. The Kier molecular flexibility index (Phi) is 3.66. The topological polar surface area (TPSA) is 15.3 Å². The van der Waals surface area contributed by atoms with E-state index in [0.717, 1.165) is 0 Å². The first-order valence-corrected chi connectivity index (χ1v) is 5.34. The highest BCUT2D eigenvalue weighted by molar-refractivity contribution is 5.01. The van der Waals surface area contributed by atoms with Crippen molar-refractivity contribution in [2.45, 2.75) is 44.4 Å². The number of hydrogen-bond acceptors (Lipinski definition) is 2. The van der Waals surface area contributed by atoms with Crippen molar-refractivity contribution in [2.24, 2.45) is 0 Å². The molecule has 2 unspecified atom stereocenters. The Morgan fingerprint density at radius 3 is 2.47 bits per heavy atom. The van der Waals surface area contributed by atoms with E-state index in [9.17, 15) is 13.2 Å². The predicted molar refractivity (Wildman–Crippen MR) is 53.8 cm³/mol. The van der Waals surface area contributed by atoms with E-state index in [1.54, 1.807) is 6.92 Å². The molecule has 2 nitrogen and oxygen atoms in total. The molecule has 1 saturated heterocycles. The van der Waals surface area contributed by atoms with E-state index in [2.05, 4.69) is 5.32 Å². The molecule has 15 heavy (non-hydrogen) atoms. The van der Waals surface area contributed by atoms with Crippen LogP contribution in [0.25, 0.3) is 0 Å². The molecule has 1 N–H and O–H groups in total. The number of nitrogens with zero attached hydrogens (tertiary/aromatic N) is 1. The SMILES string of the molecule is CCNC1(C(F)(F)F)CCN(C)C(C)C1. The highest BCUT2D eigenvalue weighted by Gasteiger charge is 2.56. The van der Waals surface area contributed by atoms with Crippen molar-refractivity contribution < 1.29 is 13.2 Å². The summed E-state index contributed by atoms with van der Waals surface area (Å²) >= 11 is 0. The molecule has 1 aliphatic rings. The van der Waals surface area contributed by atoms with Gasteiger partial charge in [-0.05, 0) is 33.4 Å². The van der Waals surface area contributed by atoms with Crippen LogP contribution in [0.1, 0.15) is 26.7 Å². The van der Waals surface area contributed by atoms with Crippen LogP contribution in [0, 0.1) is 0 Å². The molecule has 0 aromatic heterocycles. The van der Waals surface area contributed by atoms with Crippen LogP contribution in [0.3, 0.4) is 0 Å². The molecule has 5 heteroatoms. The molecule has 0 aromatic rings. The van der Waals surface area contributed by atoms with Crippen molar-refractivity contribution in [1.29, 1.82) is 0 Å². The van der Waals surface area contributed by atoms with Crippen LogP contribution >= 0.6 is 0 Å². The largest absolute Gasteiger partial charge is 0.406 e. The van der Waals surface area contributed by atoms with Crippen molar-refractivity contribution in [3.8, 4) is 0 Å². The van der Waals surface area contributed by atoms with Gasteiger partial charge in [0, 0.05) is 12.6 Å². The maximum absolute atomic E-state index is 13.0. The van der Waals surface area contributed by atoms with Gasteiger partial charge in [0.2, 0.25) is 0 Å². The molecule has 90 valence electrons. The number of alkyl halides is 3. The summed E-state index contributed by atoms with van der Waals surface area (Å²) in [6.07, 6.45) is -3.87. The fourth-order valence-electron chi connectivity index (χ4n) is 2.21. The standard InChI is InChI=1S/C10H19F3N2/c1-4-14-9(10(11,12)13)5-6-15(3)8(2)7-9/h8,14H,4-7H2,1-3H3. The summed E-state index contributed by atoms with van der Waals surface area (Å²) in [4.78, 5) is 1.97. The van der Waals surface area contributed by atoms with Crippen LogP contribution in [-0.2, 0) is 0 Å². The average Bonchev–Trinajstić information content (AvgIpc) is 2.10. The molecule has 0 amide bonds. The second-order valence-electron chi connectivity index (χ2n) is 4.39. The Hall–Kier alpha value is -0.290. The highest BCUT2D eigenvalue weighted by atomic mass is 19.4. The van der Waals surface area contributed by atoms with E-state index in [4.69, 9.17) is 0 Å². The normalized spacial score (nSPS) is 34.4. The van der Waals surface area contributed by atoms with Crippen molar-refractivity contribution in [2.75, 3.05) is 20.1 Å². The van der Waals surface area contributed by atoms with Gasteiger partial charge in [-0.3, -0.25) is 0 Å². The van der Waals surface area contributed by atoms with Crippen molar-refractivity contribution in [1.82, 2.24) is 10.2 Å². The van der Waals surface area contributed by atoms with E-state index in [1.165, 1.54) is 0 Å². The van der Waals surface area contributed by atoms with Crippen molar-refractivity contribution >= 4 is 0 Å². The second kappa shape index (κ2) is 4.29. The molecule has 1 heterocycles. The van der Waals surface area contributed by atoms with Gasteiger partial charge in [-0.1, -0.05) is 6.92 Å². The molecule has 0 aliphatic carbocycles. The Bertz CT molecular complexity index is 217. The molecule has 1 aliphatic heterocycles. The van der Waals surface area contributed by atoms with Crippen LogP contribution in [-0.4, -0.2) is 42.8 Å². The lowest BCUT2D eigenvalue weighted by atomic mass is 9.83. The summed E-state index contributed by atoms with van der Waals surface area (Å²) in [6.45, 7) is 4.41. The number of hydrogen-bond donors (Lipinski definition) is 1. The monoisotopic (exact) mass is 224 g/mol. The summed E-state index contributed by atoms with van der Waals surface area (Å²) in [5.74, 6) is 0. The molecule has 0 spiro atoms. The maximum Gasteiger partial charge on any atom is 0.406 e. The number of piperidine rings is 1. The first-order chi connectivity index (χ1) is 6.82. The predicted octanol–water partition coefficient (Wildman–Crippen LogP) is 2.01. The van der Waals surface area contributed by atoms with E-state index >= 15 is 0 Å². The lowest BCUT2D eigenvalue weighted by molar-refractivity contribution is -0.211. The zero-order chi connectivity index (χ0) is 11.7. The summed E-state index contributed by atoms with van der Waals surface area (Å²) in [7, 11) is 1.87. The molecule has 1 rings (SSSR count). The molecule has 2 atom stereocenters.